The van der Waals surface area contributed by atoms with Crippen LogP contribution < -0.4 is 4.90 Å². The van der Waals surface area contributed by atoms with Crippen molar-refractivity contribution in [1.29, 1.82) is 5.26 Å². The highest BCUT2D eigenvalue weighted by atomic mass is 16.6. The molecular weight excluding hydrogens is 342 g/mol. The van der Waals surface area contributed by atoms with Crippen LogP contribution in [0, 0.1) is 11.3 Å². The third kappa shape index (κ3) is 4.55. The molecule has 1 aliphatic heterocycles. The molecule has 0 saturated heterocycles. The molecule has 0 fully saturated rings. The first kappa shape index (κ1) is 20.7. The van der Waals surface area contributed by atoms with Gasteiger partial charge in [-0.25, -0.2) is 4.79 Å². The zero-order valence-corrected chi connectivity index (χ0v) is 16.8. The molecule has 0 spiro atoms. The van der Waals surface area contributed by atoms with Crippen LogP contribution in [-0.2, 0) is 14.9 Å². The Bertz CT molecular complexity index is 839. The second-order valence-corrected chi connectivity index (χ2v) is 8.14. The number of fused-ring (bicyclic) bond motifs is 1. The van der Waals surface area contributed by atoms with E-state index >= 15 is 0 Å². The normalized spacial score (nSPS) is 15.6. The molecule has 6 nitrogen and oxygen atoms in total. The second-order valence-electron chi connectivity index (χ2n) is 8.14. The van der Waals surface area contributed by atoms with E-state index in [1.807, 2.05) is 50.1 Å². The molecule has 144 valence electrons. The lowest BCUT2D eigenvalue weighted by atomic mass is 9.80. The van der Waals surface area contributed by atoms with Gasteiger partial charge in [0, 0.05) is 24.7 Å². The van der Waals surface area contributed by atoms with Crippen LogP contribution in [0.1, 0.15) is 40.2 Å². The van der Waals surface area contributed by atoms with E-state index in [2.05, 4.69) is 4.99 Å². The Morgan fingerprint density at radius 3 is 2.63 bits per heavy atom. The Hall–Kier alpha value is -2.65. The smallest absolute Gasteiger partial charge is 0.349 e. The Morgan fingerprint density at radius 2 is 2.07 bits per heavy atom. The van der Waals surface area contributed by atoms with E-state index < -0.39 is 17.0 Å². The number of hydrogen-bond donors (Lipinski definition) is 1. The van der Waals surface area contributed by atoms with Crippen molar-refractivity contribution in [3.05, 3.63) is 35.4 Å². The van der Waals surface area contributed by atoms with Gasteiger partial charge in [-0.1, -0.05) is 13.8 Å². The van der Waals surface area contributed by atoms with Gasteiger partial charge in [-0.2, -0.15) is 5.26 Å². The van der Waals surface area contributed by atoms with Gasteiger partial charge in [0.05, 0.1) is 18.0 Å². The van der Waals surface area contributed by atoms with Crippen LogP contribution in [0.25, 0.3) is 0 Å². The van der Waals surface area contributed by atoms with Crippen molar-refractivity contribution < 1.29 is 14.6 Å². The number of nitriles is 1. The molecule has 0 bridgehead atoms. The third-order valence-corrected chi connectivity index (χ3v) is 4.43. The maximum absolute atomic E-state index is 12.3. The van der Waals surface area contributed by atoms with Gasteiger partial charge < -0.3 is 14.7 Å². The van der Waals surface area contributed by atoms with Crippen LogP contribution >= 0.6 is 0 Å². The van der Waals surface area contributed by atoms with Gasteiger partial charge in [-0.15, -0.1) is 0 Å². The zero-order chi connectivity index (χ0) is 20.4. The monoisotopic (exact) mass is 369 g/mol. The average Bonchev–Trinajstić information content (AvgIpc) is 2.81. The van der Waals surface area contributed by atoms with E-state index in [-0.39, 0.29) is 12.2 Å². The van der Waals surface area contributed by atoms with Gasteiger partial charge in [0.1, 0.15) is 17.2 Å². The number of aliphatic hydroxyl groups excluding tert-OH is 1. The number of aliphatic imine (C=N–C) groups is 1. The minimum atomic E-state index is -0.671. The van der Waals surface area contributed by atoms with E-state index in [9.17, 15) is 10.1 Å². The molecule has 0 aliphatic carbocycles. The highest BCUT2D eigenvalue weighted by Crippen LogP contribution is 2.42. The number of esters is 1. The number of hydrogen-bond acceptors (Lipinski definition) is 6. The molecule has 0 saturated carbocycles. The first-order valence-electron chi connectivity index (χ1n) is 8.90. The molecule has 0 atom stereocenters. The van der Waals surface area contributed by atoms with Gasteiger partial charge in [0.25, 0.3) is 0 Å². The van der Waals surface area contributed by atoms with Gasteiger partial charge in [0.2, 0.25) is 0 Å². The van der Waals surface area contributed by atoms with E-state index in [1.54, 1.807) is 20.8 Å². The quantitative estimate of drug-likeness (QED) is 0.489. The van der Waals surface area contributed by atoms with Crippen molar-refractivity contribution in [1.82, 2.24) is 0 Å². The van der Waals surface area contributed by atoms with E-state index in [4.69, 9.17) is 9.84 Å². The van der Waals surface area contributed by atoms with Crippen LogP contribution in [0.4, 0.5) is 11.4 Å². The average molecular weight is 369 g/mol. The number of likely N-dealkylation sites (N-methyl/N-ethyl adjacent to an activating group) is 1. The third-order valence-electron chi connectivity index (χ3n) is 4.43. The molecule has 2 rings (SSSR count). The lowest BCUT2D eigenvalue weighted by molar-refractivity contribution is -0.149. The maximum atomic E-state index is 12.3. The summed E-state index contributed by atoms with van der Waals surface area (Å²) in [6, 6.07) is 7.83. The molecule has 0 aromatic heterocycles. The highest BCUT2D eigenvalue weighted by molar-refractivity contribution is 6.12. The number of anilines is 1. The van der Waals surface area contributed by atoms with Crippen molar-refractivity contribution >= 4 is 23.1 Å². The van der Waals surface area contributed by atoms with Crippen molar-refractivity contribution in [3.8, 4) is 6.07 Å². The van der Waals surface area contributed by atoms with Gasteiger partial charge in [-0.3, -0.25) is 4.99 Å². The highest BCUT2D eigenvalue weighted by Gasteiger charge is 2.35. The van der Waals surface area contributed by atoms with Gasteiger partial charge in [0.15, 0.2) is 0 Å². The largest absolute Gasteiger partial charge is 0.456 e. The van der Waals surface area contributed by atoms with Crippen molar-refractivity contribution in [2.45, 2.75) is 45.6 Å². The first-order chi connectivity index (χ1) is 12.5. The Balaban J connectivity index is 2.37. The molecular formula is C21H27N3O3. The number of aliphatic hydroxyl groups is 1. The molecule has 1 aromatic rings. The summed E-state index contributed by atoms with van der Waals surface area (Å²) in [7, 11) is 1.91. The minimum Gasteiger partial charge on any atom is -0.456 e. The summed E-state index contributed by atoms with van der Waals surface area (Å²) in [5.74, 6) is -0.650. The SMILES string of the molecule is CN(CCO)c1ccc2c(c1)C(C)(C)C(/C=C(\C#N)C(=O)OC(C)(C)C)=N2. The number of allylic oxidation sites excluding steroid dienone is 1. The van der Waals surface area contributed by atoms with Crippen LogP contribution in [0.15, 0.2) is 34.8 Å². The molecule has 0 unspecified atom stereocenters. The van der Waals surface area contributed by atoms with Crippen molar-refractivity contribution in [3.63, 3.8) is 0 Å². The Kier molecular flexibility index (Phi) is 5.76. The molecule has 0 radical (unpaired) electrons. The number of nitrogens with zero attached hydrogens (tertiary/aromatic N) is 3. The number of benzene rings is 1. The number of ether oxygens (including phenoxy) is 1. The summed E-state index contributed by atoms with van der Waals surface area (Å²) in [5.41, 5.74) is 2.24. The number of carbonyl (C=O) groups excluding carboxylic acids is 1. The predicted octanol–water partition coefficient (Wildman–Crippen LogP) is 3.27. The fraction of sp³-hybridized carbons (Fsp3) is 0.476. The van der Waals surface area contributed by atoms with E-state index in [0.29, 0.717) is 12.3 Å². The summed E-state index contributed by atoms with van der Waals surface area (Å²) in [6.45, 7) is 9.90. The molecule has 1 aliphatic rings. The van der Waals surface area contributed by atoms with Crippen LogP contribution in [0.2, 0.25) is 0 Å². The van der Waals surface area contributed by atoms with Crippen LogP contribution in [0.3, 0.4) is 0 Å². The summed E-state index contributed by atoms with van der Waals surface area (Å²) in [5, 5.41) is 18.6. The fourth-order valence-corrected chi connectivity index (χ4v) is 2.87. The van der Waals surface area contributed by atoms with Crippen molar-refractivity contribution in [2.75, 3.05) is 25.1 Å². The van der Waals surface area contributed by atoms with Crippen LogP contribution in [-0.4, -0.2) is 42.6 Å². The molecule has 6 heteroatoms. The fourth-order valence-electron chi connectivity index (χ4n) is 2.87. The lowest BCUT2D eigenvalue weighted by Crippen LogP contribution is -2.27. The predicted molar refractivity (Wildman–Crippen MR) is 106 cm³/mol. The molecule has 1 aromatic carbocycles. The topological polar surface area (TPSA) is 85.9 Å². The summed E-state index contributed by atoms with van der Waals surface area (Å²) >= 11 is 0. The van der Waals surface area contributed by atoms with E-state index in [1.165, 1.54) is 6.08 Å². The lowest BCUT2D eigenvalue weighted by Gasteiger charge is -2.24. The molecule has 27 heavy (non-hydrogen) atoms. The standard InChI is InChI=1S/C21H27N3O3/c1-20(2,3)27-19(26)14(13-22)11-18-21(4,5)16-12-15(24(6)9-10-25)7-8-17(16)23-18/h7-8,11-12,25H,9-10H2,1-6H3/b14-11+. The van der Waals surface area contributed by atoms with Gasteiger partial charge in [-0.05, 0) is 50.6 Å². The van der Waals surface area contributed by atoms with Crippen LogP contribution in [0.5, 0.6) is 0 Å². The molecule has 1 N–H and O–H groups in total. The number of rotatable bonds is 5. The second kappa shape index (κ2) is 7.53. The summed E-state index contributed by atoms with van der Waals surface area (Å²) < 4.78 is 5.31. The first-order valence-corrected chi connectivity index (χ1v) is 8.90. The minimum absolute atomic E-state index is 0.0674. The van der Waals surface area contributed by atoms with E-state index in [0.717, 1.165) is 16.9 Å². The summed E-state index contributed by atoms with van der Waals surface area (Å²) in [6.07, 6.45) is 1.52. The number of carbonyl (C=O) groups is 1. The molecule has 1 heterocycles. The zero-order valence-electron chi connectivity index (χ0n) is 16.8. The van der Waals surface area contributed by atoms with Crippen molar-refractivity contribution in [2.24, 2.45) is 4.99 Å². The van der Waals surface area contributed by atoms with Gasteiger partial charge >= 0.3 is 5.97 Å². The summed E-state index contributed by atoms with van der Waals surface area (Å²) in [4.78, 5) is 18.9. The molecule has 0 amide bonds. The Labute approximate surface area is 160 Å². The Morgan fingerprint density at radius 1 is 1.41 bits per heavy atom. The maximum Gasteiger partial charge on any atom is 0.349 e.